The molecule has 28 heavy (non-hydrogen) atoms. The number of amides is 1. The van der Waals surface area contributed by atoms with Crippen LogP contribution in [-0.4, -0.2) is 31.2 Å². The van der Waals surface area contributed by atoms with Gasteiger partial charge >= 0.3 is 5.91 Å². The Hall–Kier alpha value is -3.87. The van der Waals surface area contributed by atoms with Crippen LogP contribution in [-0.2, 0) is 0 Å². The molecule has 0 fully saturated rings. The lowest BCUT2D eigenvalue weighted by molar-refractivity contribution is 0.0945. The first-order valence-corrected chi connectivity index (χ1v) is 8.82. The van der Waals surface area contributed by atoms with E-state index >= 15 is 0 Å². The Labute approximate surface area is 161 Å². The van der Waals surface area contributed by atoms with Gasteiger partial charge in [-0.2, -0.15) is 10.1 Å². The molecule has 0 aliphatic rings. The summed E-state index contributed by atoms with van der Waals surface area (Å²) in [6.45, 7) is 3.76. The van der Waals surface area contributed by atoms with E-state index in [1.807, 2.05) is 80.6 Å². The van der Waals surface area contributed by atoms with Crippen molar-refractivity contribution in [2.75, 3.05) is 0 Å². The molecule has 4 aromatic rings. The van der Waals surface area contributed by atoms with Gasteiger partial charge in [0, 0.05) is 22.5 Å². The van der Waals surface area contributed by atoms with Crippen LogP contribution in [0.4, 0.5) is 0 Å². The third-order valence-electron chi connectivity index (χ3n) is 4.19. The maximum Gasteiger partial charge on any atom is 0.311 e. The van der Waals surface area contributed by atoms with Gasteiger partial charge in [-0.25, -0.2) is 14.9 Å². The third kappa shape index (κ3) is 3.50. The lowest BCUT2D eigenvalue weighted by atomic mass is 10.0. The largest absolute Gasteiger partial charge is 0.311 e. The monoisotopic (exact) mass is 370 g/mol. The Bertz CT molecular complexity index is 1120. The number of fused-ring (bicyclic) bond motifs is 1. The fraction of sp³-hybridized carbons (Fsp3) is 0.0952. The summed E-state index contributed by atoms with van der Waals surface area (Å²) >= 11 is 0. The van der Waals surface area contributed by atoms with Crippen molar-refractivity contribution in [2.24, 2.45) is 5.10 Å². The van der Waals surface area contributed by atoms with Gasteiger partial charge in [0.1, 0.15) is 0 Å². The summed E-state index contributed by atoms with van der Waals surface area (Å²) in [5.41, 5.74) is 6.69. The molecule has 2 heterocycles. The minimum Gasteiger partial charge on any atom is -0.264 e. The number of hydrogen-bond acceptors (Lipinski definition) is 5. The van der Waals surface area contributed by atoms with Crippen LogP contribution in [0.3, 0.4) is 0 Å². The average molecular weight is 370 g/mol. The average Bonchev–Trinajstić information content (AvgIpc) is 3.14. The molecule has 0 bridgehead atoms. The molecule has 0 aliphatic heterocycles. The molecule has 1 amide bonds. The quantitative estimate of drug-likeness (QED) is 0.442. The second kappa shape index (κ2) is 7.40. The van der Waals surface area contributed by atoms with Crippen molar-refractivity contribution in [3.8, 4) is 0 Å². The zero-order valence-electron chi connectivity index (χ0n) is 15.5. The molecule has 0 atom stereocenters. The van der Waals surface area contributed by atoms with Gasteiger partial charge in [0.15, 0.2) is 0 Å². The van der Waals surface area contributed by atoms with Gasteiger partial charge in [0.25, 0.3) is 5.78 Å². The number of aromatic nitrogens is 4. The molecule has 0 unspecified atom stereocenters. The number of benzene rings is 2. The number of carbonyl (C=O) groups excluding carboxylic acids is 1. The van der Waals surface area contributed by atoms with E-state index in [1.54, 1.807) is 4.52 Å². The van der Waals surface area contributed by atoms with Gasteiger partial charge < -0.3 is 0 Å². The van der Waals surface area contributed by atoms with E-state index in [1.165, 1.54) is 0 Å². The maximum absolute atomic E-state index is 12.6. The normalized spacial score (nSPS) is 10.6. The van der Waals surface area contributed by atoms with E-state index in [0.29, 0.717) is 11.5 Å². The van der Waals surface area contributed by atoms with Crippen LogP contribution in [0, 0.1) is 13.8 Å². The molecule has 7 heteroatoms. The fourth-order valence-corrected chi connectivity index (χ4v) is 2.91. The van der Waals surface area contributed by atoms with Crippen LogP contribution in [0.15, 0.2) is 71.8 Å². The van der Waals surface area contributed by atoms with Crippen LogP contribution >= 0.6 is 0 Å². The summed E-state index contributed by atoms with van der Waals surface area (Å²) in [5, 5.41) is 8.60. The first-order valence-electron chi connectivity index (χ1n) is 8.82. The smallest absolute Gasteiger partial charge is 0.264 e. The molecule has 0 radical (unpaired) electrons. The first kappa shape index (κ1) is 17.5. The van der Waals surface area contributed by atoms with E-state index in [2.05, 4.69) is 25.6 Å². The SMILES string of the molecule is Cc1cc(C)n2nc(C(=O)NN=C(c3ccccc3)c3ccccc3)nc2n1. The minimum absolute atomic E-state index is 0.0189. The van der Waals surface area contributed by atoms with Crippen LogP contribution in [0.1, 0.15) is 33.1 Å². The number of aryl methyl sites for hydroxylation is 2. The molecule has 0 spiro atoms. The van der Waals surface area contributed by atoms with Gasteiger partial charge in [-0.3, -0.25) is 4.79 Å². The lowest BCUT2D eigenvalue weighted by Gasteiger charge is -2.07. The summed E-state index contributed by atoms with van der Waals surface area (Å²) in [7, 11) is 0. The number of nitrogens with one attached hydrogen (secondary N) is 1. The molecule has 1 N–H and O–H groups in total. The van der Waals surface area contributed by atoms with Crippen LogP contribution in [0.5, 0.6) is 0 Å². The minimum atomic E-state index is -0.494. The molecule has 0 aliphatic carbocycles. The second-order valence-electron chi connectivity index (χ2n) is 6.32. The number of hydrazone groups is 1. The van der Waals surface area contributed by atoms with Crippen molar-refractivity contribution in [1.29, 1.82) is 0 Å². The Balaban J connectivity index is 1.67. The number of nitrogens with zero attached hydrogens (tertiary/aromatic N) is 5. The Morgan fingerprint density at radius 2 is 1.54 bits per heavy atom. The first-order chi connectivity index (χ1) is 13.6. The summed E-state index contributed by atoms with van der Waals surface area (Å²) in [6.07, 6.45) is 0. The zero-order chi connectivity index (χ0) is 19.5. The number of rotatable bonds is 4. The van der Waals surface area contributed by atoms with Crippen LogP contribution < -0.4 is 5.43 Å². The highest BCUT2D eigenvalue weighted by Crippen LogP contribution is 2.11. The van der Waals surface area contributed by atoms with E-state index in [0.717, 1.165) is 22.5 Å². The van der Waals surface area contributed by atoms with E-state index in [-0.39, 0.29) is 5.82 Å². The molecule has 4 rings (SSSR count). The van der Waals surface area contributed by atoms with Gasteiger partial charge in [-0.05, 0) is 19.9 Å². The Morgan fingerprint density at radius 1 is 0.929 bits per heavy atom. The summed E-state index contributed by atoms with van der Waals surface area (Å²) < 4.78 is 1.54. The Morgan fingerprint density at radius 3 is 2.14 bits per heavy atom. The molecule has 2 aromatic heterocycles. The van der Waals surface area contributed by atoms with Crippen molar-refractivity contribution in [1.82, 2.24) is 25.0 Å². The lowest BCUT2D eigenvalue weighted by Crippen LogP contribution is -2.22. The summed E-state index contributed by atoms with van der Waals surface area (Å²) in [6, 6.07) is 21.2. The zero-order valence-corrected chi connectivity index (χ0v) is 15.5. The topological polar surface area (TPSA) is 84.5 Å². The maximum atomic E-state index is 12.6. The van der Waals surface area contributed by atoms with Gasteiger partial charge in [0.2, 0.25) is 5.82 Å². The molecule has 0 saturated heterocycles. The standard InChI is InChI=1S/C21H18N6O/c1-14-13-15(2)27-21(22-14)23-19(26-27)20(28)25-24-18(16-9-5-3-6-10-16)17-11-7-4-8-12-17/h3-13H,1-2H3,(H,25,28). The second-order valence-corrected chi connectivity index (χ2v) is 6.32. The molecule has 0 saturated carbocycles. The van der Waals surface area contributed by atoms with E-state index in [9.17, 15) is 4.79 Å². The highest BCUT2D eigenvalue weighted by molar-refractivity contribution is 6.13. The van der Waals surface area contributed by atoms with Crippen molar-refractivity contribution in [2.45, 2.75) is 13.8 Å². The Kier molecular flexibility index (Phi) is 4.63. The van der Waals surface area contributed by atoms with Gasteiger partial charge in [-0.15, -0.1) is 5.10 Å². The highest BCUT2D eigenvalue weighted by atomic mass is 16.2. The fourth-order valence-electron chi connectivity index (χ4n) is 2.91. The van der Waals surface area contributed by atoms with Crippen molar-refractivity contribution in [3.63, 3.8) is 0 Å². The number of carbonyl (C=O) groups is 1. The summed E-state index contributed by atoms with van der Waals surface area (Å²) in [5.74, 6) is -0.0877. The predicted octanol–water partition coefficient (Wildman–Crippen LogP) is 2.92. The van der Waals surface area contributed by atoms with E-state index in [4.69, 9.17) is 0 Å². The van der Waals surface area contributed by atoms with E-state index < -0.39 is 5.91 Å². The molecular formula is C21H18N6O. The van der Waals surface area contributed by atoms with Gasteiger partial charge in [-0.1, -0.05) is 60.7 Å². The third-order valence-corrected chi connectivity index (χ3v) is 4.19. The highest BCUT2D eigenvalue weighted by Gasteiger charge is 2.15. The van der Waals surface area contributed by atoms with Crippen LogP contribution in [0.25, 0.3) is 5.78 Å². The van der Waals surface area contributed by atoms with Crippen LogP contribution in [0.2, 0.25) is 0 Å². The van der Waals surface area contributed by atoms with Crippen molar-refractivity contribution in [3.05, 3.63) is 95.1 Å². The predicted molar refractivity (Wildman–Crippen MR) is 106 cm³/mol. The molecule has 7 nitrogen and oxygen atoms in total. The summed E-state index contributed by atoms with van der Waals surface area (Å²) in [4.78, 5) is 21.1. The van der Waals surface area contributed by atoms with Crippen molar-refractivity contribution >= 4 is 17.4 Å². The molecule has 2 aromatic carbocycles. The molecule has 138 valence electrons. The van der Waals surface area contributed by atoms with Crippen molar-refractivity contribution < 1.29 is 4.79 Å². The number of hydrogen-bond donors (Lipinski definition) is 1. The molecular weight excluding hydrogens is 352 g/mol. The van der Waals surface area contributed by atoms with Gasteiger partial charge in [0.05, 0.1) is 5.71 Å².